The Morgan fingerprint density at radius 3 is 1.67 bits per heavy atom. The predicted molar refractivity (Wildman–Crippen MR) is 173 cm³/mol. The van der Waals surface area contributed by atoms with Crippen LogP contribution in [-0.4, -0.2) is 51.6 Å². The number of fused-ring (bicyclic) bond motifs is 1. The van der Waals surface area contributed by atoms with Crippen LogP contribution in [0, 0.1) is 11.8 Å². The second kappa shape index (κ2) is 19.3. The zero-order chi connectivity index (χ0) is 30.7. The van der Waals surface area contributed by atoms with Crippen LogP contribution in [0.4, 0.5) is 0 Å². The number of carbonyl (C=O) groups is 2. The molecule has 224 valence electrons. The molecule has 43 heavy (non-hydrogen) atoms. The molecule has 4 rings (SSSR count). The molecule has 4 aromatic carbocycles. The fraction of sp³-hybridized carbons (Fsp3) is 0.278. The summed E-state index contributed by atoms with van der Waals surface area (Å²) in [4.78, 5) is 22.1. The topological polar surface area (TPSA) is 71.1 Å². The van der Waals surface area contributed by atoms with Crippen molar-refractivity contribution in [2.75, 3.05) is 39.6 Å². The molecule has 7 heteroatoms. The lowest BCUT2D eigenvalue weighted by molar-refractivity contribution is -0.149. The van der Waals surface area contributed by atoms with Crippen LogP contribution in [0.5, 0.6) is 0 Å². The molecule has 4 aromatic rings. The molecule has 0 saturated carbocycles. The summed E-state index contributed by atoms with van der Waals surface area (Å²) in [5.41, 5.74) is 4.31. The molecule has 0 N–H and O–H groups in total. The van der Waals surface area contributed by atoms with Crippen LogP contribution in [0.25, 0.3) is 10.8 Å². The third kappa shape index (κ3) is 13.3. The van der Waals surface area contributed by atoms with Gasteiger partial charge < -0.3 is 18.9 Å². The van der Waals surface area contributed by atoms with Gasteiger partial charge in [-0.15, -0.1) is 0 Å². The van der Waals surface area contributed by atoms with E-state index >= 15 is 0 Å². The highest BCUT2D eigenvalue weighted by molar-refractivity contribution is 9.10. The molecular formula is C36H37BrO6. The molecule has 0 bridgehead atoms. The van der Waals surface area contributed by atoms with Crippen molar-refractivity contribution >= 4 is 38.6 Å². The Bertz CT molecular complexity index is 1490. The highest BCUT2D eigenvalue weighted by atomic mass is 79.9. The smallest absolute Gasteiger partial charge is 0.332 e. The minimum absolute atomic E-state index is 0.00313. The van der Waals surface area contributed by atoms with Crippen molar-refractivity contribution in [1.82, 2.24) is 0 Å². The van der Waals surface area contributed by atoms with Gasteiger partial charge in [0.25, 0.3) is 0 Å². The molecule has 0 saturated heterocycles. The van der Waals surface area contributed by atoms with Gasteiger partial charge in [-0.1, -0.05) is 82.4 Å². The first kappa shape index (κ1) is 33.5. The van der Waals surface area contributed by atoms with Gasteiger partial charge in [0.1, 0.15) is 13.2 Å². The zero-order valence-electron chi connectivity index (χ0n) is 24.6. The largest absolute Gasteiger partial charge is 0.464 e. The number of esters is 2. The van der Waals surface area contributed by atoms with Crippen LogP contribution < -0.4 is 0 Å². The molecule has 0 fully saturated rings. The second-order valence-electron chi connectivity index (χ2n) is 9.35. The summed E-state index contributed by atoms with van der Waals surface area (Å²) in [6.07, 6.45) is 1.55. The maximum absolute atomic E-state index is 11.2. The van der Waals surface area contributed by atoms with Gasteiger partial charge in [-0.05, 0) is 85.0 Å². The number of carbonyl (C=O) groups excluding carboxylic acids is 2. The number of halogens is 1. The van der Waals surface area contributed by atoms with Gasteiger partial charge in [-0.3, -0.25) is 0 Å². The fourth-order valence-corrected chi connectivity index (χ4v) is 4.18. The molecule has 0 aliphatic rings. The predicted octanol–water partition coefficient (Wildman–Crippen LogP) is 6.93. The van der Waals surface area contributed by atoms with Crippen molar-refractivity contribution in [2.45, 2.75) is 26.7 Å². The van der Waals surface area contributed by atoms with E-state index in [1.54, 1.807) is 13.8 Å². The lowest BCUT2D eigenvalue weighted by Gasteiger charge is -2.04. The van der Waals surface area contributed by atoms with Crippen LogP contribution >= 0.6 is 15.9 Å². The van der Waals surface area contributed by atoms with E-state index in [-0.39, 0.29) is 25.2 Å². The second-order valence-corrected chi connectivity index (χ2v) is 10.3. The Morgan fingerprint density at radius 1 is 0.628 bits per heavy atom. The maximum Gasteiger partial charge on any atom is 0.332 e. The monoisotopic (exact) mass is 644 g/mol. The molecule has 0 amide bonds. The van der Waals surface area contributed by atoms with E-state index in [9.17, 15) is 9.59 Å². The molecule has 0 aliphatic heterocycles. The zero-order valence-corrected chi connectivity index (χ0v) is 26.2. The summed E-state index contributed by atoms with van der Waals surface area (Å²) in [5.74, 6) is 5.80. The third-order valence-corrected chi connectivity index (χ3v) is 6.62. The van der Waals surface area contributed by atoms with Gasteiger partial charge in [-0.25, -0.2) is 9.59 Å². The van der Waals surface area contributed by atoms with E-state index in [0.717, 1.165) is 34.0 Å². The van der Waals surface area contributed by atoms with E-state index in [1.165, 1.54) is 16.3 Å². The molecule has 0 radical (unpaired) electrons. The Morgan fingerprint density at radius 2 is 1.12 bits per heavy atom. The van der Waals surface area contributed by atoms with Gasteiger partial charge >= 0.3 is 11.9 Å². The Kier molecular flexibility index (Phi) is 15.0. The number of rotatable bonds is 12. The molecule has 6 nitrogen and oxygen atoms in total. The number of hydrogen-bond donors (Lipinski definition) is 0. The normalized spacial score (nSPS) is 10.2. The van der Waals surface area contributed by atoms with Gasteiger partial charge in [0.2, 0.25) is 0 Å². The number of ether oxygens (including phenoxy) is 4. The molecule has 0 atom stereocenters. The van der Waals surface area contributed by atoms with Gasteiger partial charge in [-0.2, -0.15) is 0 Å². The van der Waals surface area contributed by atoms with Crippen LogP contribution in [0.2, 0.25) is 0 Å². The minimum Gasteiger partial charge on any atom is -0.464 e. The van der Waals surface area contributed by atoms with Crippen molar-refractivity contribution in [2.24, 2.45) is 0 Å². The van der Waals surface area contributed by atoms with Crippen molar-refractivity contribution in [3.63, 3.8) is 0 Å². The third-order valence-electron chi connectivity index (χ3n) is 6.09. The summed E-state index contributed by atoms with van der Waals surface area (Å²) in [6, 6.07) is 30.6. The lowest BCUT2D eigenvalue weighted by atomic mass is 10.1. The maximum atomic E-state index is 11.2. The highest BCUT2D eigenvalue weighted by Crippen LogP contribution is 2.15. The summed E-state index contributed by atoms with van der Waals surface area (Å²) in [6.45, 7) is 5.38. The first-order valence-electron chi connectivity index (χ1n) is 14.3. The quantitative estimate of drug-likeness (QED) is 0.0946. The molecule has 0 spiro atoms. The molecular weight excluding hydrogens is 608 g/mol. The molecule has 0 unspecified atom stereocenters. The first-order valence-corrected chi connectivity index (χ1v) is 15.1. The van der Waals surface area contributed by atoms with Crippen molar-refractivity contribution in [1.29, 1.82) is 0 Å². The molecule has 0 aliphatic carbocycles. The standard InChI is InChI=1S/C24H22O3.C12H15BrO3/c1-2-27-24(25)18-26-16-15-20-9-7-19(8-10-20)11-12-21-13-14-22-5-3-4-6-23(22)17-21;1-2-16-12(14)9-15-8-7-10-3-5-11(13)6-4-10/h3-10,13-14,17H,2,15-16,18H2,1H3;3-6H,2,7-9H2,1H3. The summed E-state index contributed by atoms with van der Waals surface area (Å²) in [7, 11) is 0. The van der Waals surface area contributed by atoms with Gasteiger partial charge in [0.05, 0.1) is 26.4 Å². The summed E-state index contributed by atoms with van der Waals surface area (Å²) >= 11 is 3.37. The number of hydrogen-bond acceptors (Lipinski definition) is 6. The van der Waals surface area contributed by atoms with E-state index in [4.69, 9.17) is 18.9 Å². The molecule has 0 aromatic heterocycles. The minimum atomic E-state index is -0.322. The average Bonchev–Trinajstić information content (AvgIpc) is 3.02. The van der Waals surface area contributed by atoms with Crippen molar-refractivity contribution in [3.05, 3.63) is 118 Å². The average molecular weight is 646 g/mol. The van der Waals surface area contributed by atoms with Gasteiger partial charge in [0, 0.05) is 15.6 Å². The Balaban J connectivity index is 0.000000271. The van der Waals surface area contributed by atoms with E-state index in [1.807, 2.05) is 66.7 Å². The van der Waals surface area contributed by atoms with Crippen LogP contribution in [0.15, 0.2) is 95.5 Å². The van der Waals surface area contributed by atoms with Crippen molar-refractivity contribution < 1.29 is 28.5 Å². The number of benzene rings is 4. The lowest BCUT2D eigenvalue weighted by Crippen LogP contribution is -2.13. The van der Waals surface area contributed by atoms with E-state index in [0.29, 0.717) is 26.4 Å². The van der Waals surface area contributed by atoms with Crippen LogP contribution in [-0.2, 0) is 41.4 Å². The first-order chi connectivity index (χ1) is 21.0. The van der Waals surface area contributed by atoms with Gasteiger partial charge in [0.15, 0.2) is 0 Å². The highest BCUT2D eigenvalue weighted by Gasteiger charge is 2.02. The summed E-state index contributed by atoms with van der Waals surface area (Å²) < 4.78 is 21.1. The van der Waals surface area contributed by atoms with Crippen molar-refractivity contribution in [3.8, 4) is 11.8 Å². The van der Waals surface area contributed by atoms with Crippen LogP contribution in [0.3, 0.4) is 0 Å². The van der Waals surface area contributed by atoms with Crippen LogP contribution in [0.1, 0.15) is 36.1 Å². The fourth-order valence-electron chi connectivity index (χ4n) is 3.91. The SMILES string of the molecule is CCOC(=O)COCCc1ccc(Br)cc1.CCOC(=O)COCCc1ccc(C#Cc2ccc3ccccc3c2)cc1. The van der Waals surface area contributed by atoms with E-state index < -0.39 is 0 Å². The summed E-state index contributed by atoms with van der Waals surface area (Å²) in [5, 5.41) is 2.42. The van der Waals surface area contributed by atoms with E-state index in [2.05, 4.69) is 52.0 Å². The Hall–Kier alpha value is -3.96. The Labute approximate surface area is 262 Å². The molecule has 0 heterocycles.